The third-order valence-electron chi connectivity index (χ3n) is 1.37. The normalized spacial score (nSPS) is 17.5. The summed E-state index contributed by atoms with van der Waals surface area (Å²) in [7, 11) is -7.87. The molecule has 0 aliphatic carbocycles. The van der Waals surface area contributed by atoms with Gasteiger partial charge in [0, 0.05) is 21.3 Å². The first-order valence-electron chi connectivity index (χ1n) is 3.52. The molecular weight excluding hydrogens is 265 g/mol. The summed E-state index contributed by atoms with van der Waals surface area (Å²) in [6.45, 7) is 0. The Morgan fingerprint density at radius 3 is 1.50 bits per heavy atom. The van der Waals surface area contributed by atoms with E-state index in [0.29, 0.717) is 0 Å². The average molecular weight is 275 g/mol. The highest BCUT2D eigenvalue weighted by molar-refractivity contribution is 8.44. The van der Waals surface area contributed by atoms with Crippen LogP contribution in [0.3, 0.4) is 0 Å². The second-order valence-electron chi connectivity index (χ2n) is 2.57. The van der Waals surface area contributed by atoms with Crippen LogP contribution in [-0.2, 0) is 19.0 Å². The van der Waals surface area contributed by atoms with Crippen LogP contribution in [0.4, 0.5) is 19.4 Å². The van der Waals surface area contributed by atoms with Crippen LogP contribution in [0.25, 0.3) is 0 Å². The third-order valence-corrected chi connectivity index (χ3v) is 1.94. The molecule has 0 spiro atoms. The first kappa shape index (κ1) is 15.3. The molecule has 0 aromatic rings. The van der Waals surface area contributed by atoms with Gasteiger partial charge in [0.2, 0.25) is 0 Å². The summed E-state index contributed by atoms with van der Waals surface area (Å²) in [6, 6.07) is 0. The lowest BCUT2D eigenvalue weighted by Gasteiger charge is -2.42. The fourth-order valence-electron chi connectivity index (χ4n) is 0.766. The molecule has 0 unspecified atom stereocenters. The maximum Gasteiger partial charge on any atom is 0.368 e. The molecule has 0 aliphatic rings. The number of hydrogen-bond acceptors (Lipinski definition) is 4. The van der Waals surface area contributed by atoms with Crippen molar-refractivity contribution in [2.75, 3.05) is 21.3 Å². The van der Waals surface area contributed by atoms with E-state index in [-0.39, 0.29) is 4.72 Å². The number of halogens is 5. The van der Waals surface area contributed by atoms with Gasteiger partial charge < -0.3 is 14.2 Å². The second-order valence-corrected chi connectivity index (χ2v) is 4.71. The van der Waals surface area contributed by atoms with Gasteiger partial charge >= 0.3 is 22.3 Å². The van der Waals surface area contributed by atoms with Crippen LogP contribution in [0.1, 0.15) is 0 Å². The standard InChI is InChI=1S/C5H10F5NO4S/c1-13-5(14-2,15-3)4(12)11-16(6,7,8,9)10/h1-3H3,(H,11,12). The van der Waals surface area contributed by atoms with Crippen molar-refractivity contribution in [3.63, 3.8) is 0 Å². The summed E-state index contributed by atoms with van der Waals surface area (Å²) in [4.78, 5) is 10.9. The summed E-state index contributed by atoms with van der Waals surface area (Å²) >= 11 is 0. The molecule has 16 heavy (non-hydrogen) atoms. The van der Waals surface area contributed by atoms with Crippen molar-refractivity contribution in [3.05, 3.63) is 0 Å². The van der Waals surface area contributed by atoms with Crippen LogP contribution < -0.4 is 4.72 Å². The molecule has 0 rings (SSSR count). The molecule has 0 heterocycles. The first-order valence-corrected chi connectivity index (χ1v) is 5.47. The van der Waals surface area contributed by atoms with Crippen molar-refractivity contribution < 1.29 is 38.4 Å². The Morgan fingerprint density at radius 2 is 1.31 bits per heavy atom. The number of hydrogen-bond donors (Lipinski definition) is 1. The van der Waals surface area contributed by atoms with E-state index in [4.69, 9.17) is 0 Å². The van der Waals surface area contributed by atoms with Crippen molar-refractivity contribution in [2.45, 2.75) is 5.97 Å². The number of carbonyl (C=O) groups is 1. The van der Waals surface area contributed by atoms with Gasteiger partial charge in [0.25, 0.3) is 0 Å². The number of nitrogens with one attached hydrogen (secondary N) is 1. The van der Waals surface area contributed by atoms with Crippen LogP contribution >= 0.6 is 10.4 Å². The largest absolute Gasteiger partial charge is 0.368 e. The number of rotatable bonds is 5. The summed E-state index contributed by atoms with van der Waals surface area (Å²) in [6.07, 6.45) is 0. The SMILES string of the molecule is COC(OC)(OC)C(=O)NS(F)(F)(F)(F)F. The lowest BCUT2D eigenvalue weighted by Crippen LogP contribution is -2.53. The molecule has 0 saturated heterocycles. The van der Waals surface area contributed by atoms with E-state index in [9.17, 15) is 24.2 Å². The Kier molecular flexibility index (Phi) is 3.28. The van der Waals surface area contributed by atoms with Gasteiger partial charge in [-0.2, -0.15) is 0 Å². The van der Waals surface area contributed by atoms with Gasteiger partial charge in [0.15, 0.2) is 0 Å². The summed E-state index contributed by atoms with van der Waals surface area (Å²) in [5.41, 5.74) is 0. The van der Waals surface area contributed by atoms with Gasteiger partial charge in [-0.25, -0.2) is 4.72 Å². The van der Waals surface area contributed by atoms with Gasteiger partial charge in [-0.3, -0.25) is 4.79 Å². The average Bonchev–Trinajstić information content (AvgIpc) is 2.02. The molecule has 0 atom stereocenters. The maximum atomic E-state index is 11.9. The molecule has 1 N–H and O–H groups in total. The third kappa shape index (κ3) is 4.47. The molecule has 0 aromatic heterocycles. The second kappa shape index (κ2) is 3.42. The maximum absolute atomic E-state index is 11.9. The molecular formula is C5H10F5NO4S. The molecule has 1 amide bonds. The summed E-state index contributed by atoms with van der Waals surface area (Å²) in [5, 5.41) is 0. The van der Waals surface area contributed by atoms with Crippen molar-refractivity contribution in [2.24, 2.45) is 0 Å². The topological polar surface area (TPSA) is 56.8 Å². The Morgan fingerprint density at radius 1 is 1.00 bits per heavy atom. The van der Waals surface area contributed by atoms with E-state index < -0.39 is 22.3 Å². The number of ether oxygens (including phenoxy) is 3. The Hall–Kier alpha value is -0.650. The number of amides is 1. The lowest BCUT2D eigenvalue weighted by atomic mass is 10.5. The van der Waals surface area contributed by atoms with Crippen LogP contribution in [0.2, 0.25) is 0 Å². The van der Waals surface area contributed by atoms with Crippen molar-refractivity contribution >= 4 is 16.3 Å². The van der Waals surface area contributed by atoms with E-state index in [1.54, 1.807) is 0 Å². The smallest absolute Gasteiger partial charge is 0.323 e. The van der Waals surface area contributed by atoms with Gasteiger partial charge in [0.05, 0.1) is 0 Å². The highest BCUT2D eigenvalue weighted by Gasteiger charge is 2.67. The molecule has 0 radical (unpaired) electrons. The van der Waals surface area contributed by atoms with Crippen molar-refractivity contribution in [1.82, 2.24) is 4.72 Å². The van der Waals surface area contributed by atoms with E-state index in [1.165, 1.54) is 0 Å². The Labute approximate surface area is 87.7 Å². The Bertz CT molecular complexity index is 277. The molecule has 5 nitrogen and oxygen atoms in total. The van der Waals surface area contributed by atoms with E-state index in [1.807, 2.05) is 0 Å². The fourth-order valence-corrected chi connectivity index (χ4v) is 1.24. The Balaban J connectivity index is 5.12. The fraction of sp³-hybridized carbons (Fsp3) is 0.800. The van der Waals surface area contributed by atoms with Gasteiger partial charge in [-0.05, 0) is 0 Å². The predicted octanol–water partition coefficient (Wildman–Crippen LogP) is 1.91. The van der Waals surface area contributed by atoms with Crippen LogP contribution in [0.5, 0.6) is 0 Å². The molecule has 0 saturated carbocycles. The minimum atomic E-state index is -10.1. The van der Waals surface area contributed by atoms with E-state index >= 15 is 0 Å². The summed E-state index contributed by atoms with van der Waals surface area (Å²) in [5.74, 6) is -5.19. The van der Waals surface area contributed by atoms with Crippen LogP contribution in [0.15, 0.2) is 0 Å². The lowest BCUT2D eigenvalue weighted by molar-refractivity contribution is -0.326. The van der Waals surface area contributed by atoms with E-state index in [0.717, 1.165) is 21.3 Å². The van der Waals surface area contributed by atoms with Crippen LogP contribution in [0, 0.1) is 0 Å². The van der Waals surface area contributed by atoms with Crippen LogP contribution in [-0.4, -0.2) is 33.2 Å². The summed E-state index contributed by atoms with van der Waals surface area (Å²) < 4.78 is 71.7. The van der Waals surface area contributed by atoms with Gasteiger partial charge in [0.1, 0.15) is 0 Å². The zero-order valence-electron chi connectivity index (χ0n) is 8.43. The predicted molar refractivity (Wildman–Crippen MR) is 45.0 cm³/mol. The highest BCUT2D eigenvalue weighted by Crippen LogP contribution is 2.94. The monoisotopic (exact) mass is 275 g/mol. The molecule has 11 heteroatoms. The number of methoxy groups -OCH3 is 3. The minimum absolute atomic E-state index is 0.364. The molecule has 0 fully saturated rings. The van der Waals surface area contributed by atoms with Crippen molar-refractivity contribution in [3.8, 4) is 0 Å². The molecule has 0 aliphatic heterocycles. The quantitative estimate of drug-likeness (QED) is 0.615. The zero-order valence-corrected chi connectivity index (χ0v) is 9.25. The minimum Gasteiger partial charge on any atom is -0.323 e. The van der Waals surface area contributed by atoms with Gasteiger partial charge in [-0.1, -0.05) is 19.4 Å². The van der Waals surface area contributed by atoms with Crippen molar-refractivity contribution in [1.29, 1.82) is 0 Å². The first-order chi connectivity index (χ1) is 6.79. The van der Waals surface area contributed by atoms with E-state index in [2.05, 4.69) is 14.2 Å². The number of carbonyl (C=O) groups excluding carboxylic acids is 1. The molecule has 0 aromatic carbocycles. The molecule has 0 bridgehead atoms. The highest BCUT2D eigenvalue weighted by atomic mass is 32.5. The zero-order chi connectivity index (χ0) is 13.3. The molecule has 100 valence electrons. The van der Waals surface area contributed by atoms with Gasteiger partial charge in [-0.15, -0.1) is 0 Å².